The number of nitrogens with zero attached hydrogens (tertiary/aromatic N) is 2. The van der Waals surface area contributed by atoms with Crippen molar-refractivity contribution in [2.45, 2.75) is 6.92 Å². The zero-order chi connectivity index (χ0) is 13.5. The summed E-state index contributed by atoms with van der Waals surface area (Å²) in [5.74, 6) is 0. The fraction of sp³-hybridized carbons (Fsp3) is 0.0588. The van der Waals surface area contributed by atoms with Gasteiger partial charge in [-0.05, 0) is 35.4 Å². The molecule has 0 spiro atoms. The summed E-state index contributed by atoms with van der Waals surface area (Å²) in [6, 6.07) is 16.9. The summed E-state index contributed by atoms with van der Waals surface area (Å²) in [6.07, 6.45) is 1.84. The van der Waals surface area contributed by atoms with Crippen LogP contribution in [0.1, 0.15) is 5.56 Å². The van der Waals surface area contributed by atoms with Crippen LogP contribution in [0.5, 0.6) is 0 Å². The second-order valence-corrected chi connectivity index (χ2v) is 5.04. The Morgan fingerprint density at radius 3 is 2.70 bits per heavy atom. The average molecular weight is 259 g/mol. The van der Waals surface area contributed by atoms with Crippen molar-refractivity contribution in [1.82, 2.24) is 15.2 Å². The first-order chi connectivity index (χ1) is 9.81. The lowest BCUT2D eigenvalue weighted by Crippen LogP contribution is -1.81. The molecule has 2 heterocycles. The third-order valence-electron chi connectivity index (χ3n) is 3.58. The van der Waals surface area contributed by atoms with Gasteiger partial charge in [-0.15, -0.1) is 0 Å². The molecule has 0 aliphatic heterocycles. The third-order valence-corrected chi connectivity index (χ3v) is 3.58. The van der Waals surface area contributed by atoms with E-state index in [1.54, 1.807) is 0 Å². The Labute approximate surface area is 116 Å². The molecule has 0 bridgehead atoms. The minimum atomic E-state index is 0.763. The van der Waals surface area contributed by atoms with E-state index in [0.29, 0.717) is 0 Å². The van der Waals surface area contributed by atoms with Crippen LogP contribution in [0.15, 0.2) is 54.7 Å². The lowest BCUT2D eigenvalue weighted by atomic mass is 10.0. The summed E-state index contributed by atoms with van der Waals surface area (Å²) in [7, 11) is 0. The number of benzene rings is 2. The van der Waals surface area contributed by atoms with Gasteiger partial charge in [0.15, 0.2) is 5.65 Å². The first-order valence-corrected chi connectivity index (χ1v) is 6.61. The maximum atomic E-state index is 4.35. The van der Waals surface area contributed by atoms with Crippen LogP contribution >= 0.6 is 0 Å². The molecule has 4 aromatic rings. The van der Waals surface area contributed by atoms with E-state index in [4.69, 9.17) is 0 Å². The number of H-pyrrole nitrogens is 1. The highest BCUT2D eigenvalue weighted by Gasteiger charge is 2.09. The van der Waals surface area contributed by atoms with Gasteiger partial charge >= 0.3 is 0 Å². The molecule has 20 heavy (non-hydrogen) atoms. The van der Waals surface area contributed by atoms with Gasteiger partial charge in [0.2, 0.25) is 0 Å². The largest absolute Gasteiger partial charge is 0.275 e. The van der Waals surface area contributed by atoms with Crippen LogP contribution < -0.4 is 0 Å². The molecule has 0 saturated carbocycles. The minimum absolute atomic E-state index is 0.763. The van der Waals surface area contributed by atoms with Crippen molar-refractivity contribution in [2.24, 2.45) is 0 Å². The maximum Gasteiger partial charge on any atom is 0.181 e. The molecule has 0 atom stereocenters. The van der Waals surface area contributed by atoms with E-state index >= 15 is 0 Å². The average Bonchev–Trinajstić information content (AvgIpc) is 2.89. The molecule has 0 amide bonds. The number of nitrogens with one attached hydrogen (secondary N) is 1. The molecule has 96 valence electrons. The molecular formula is C17H13N3. The van der Waals surface area contributed by atoms with Gasteiger partial charge in [-0.3, -0.25) is 5.10 Å². The minimum Gasteiger partial charge on any atom is -0.275 e. The Bertz CT molecular complexity index is 922. The Morgan fingerprint density at radius 1 is 0.950 bits per heavy atom. The molecule has 0 fully saturated rings. The van der Waals surface area contributed by atoms with Gasteiger partial charge in [-0.1, -0.05) is 36.4 Å². The summed E-state index contributed by atoms with van der Waals surface area (Å²) < 4.78 is 0. The molecule has 0 saturated heterocycles. The van der Waals surface area contributed by atoms with Crippen molar-refractivity contribution < 1.29 is 0 Å². The van der Waals surface area contributed by atoms with Crippen molar-refractivity contribution in [3.05, 3.63) is 60.3 Å². The third kappa shape index (κ3) is 1.67. The Hall–Kier alpha value is -2.68. The van der Waals surface area contributed by atoms with Crippen molar-refractivity contribution in [3.63, 3.8) is 0 Å². The summed E-state index contributed by atoms with van der Waals surface area (Å²) >= 11 is 0. The molecule has 0 aliphatic rings. The van der Waals surface area contributed by atoms with Crippen LogP contribution in [-0.4, -0.2) is 15.2 Å². The van der Waals surface area contributed by atoms with E-state index in [1.807, 2.05) is 13.1 Å². The zero-order valence-electron chi connectivity index (χ0n) is 11.1. The highest BCUT2D eigenvalue weighted by atomic mass is 15.1. The molecule has 0 unspecified atom stereocenters. The number of pyridine rings is 1. The Morgan fingerprint density at radius 2 is 1.80 bits per heavy atom. The molecule has 0 aliphatic carbocycles. The maximum absolute atomic E-state index is 4.35. The molecule has 0 radical (unpaired) electrons. The van der Waals surface area contributed by atoms with E-state index in [-0.39, 0.29) is 0 Å². The normalized spacial score (nSPS) is 11.2. The lowest BCUT2D eigenvalue weighted by molar-refractivity contribution is 1.10. The van der Waals surface area contributed by atoms with E-state index in [9.17, 15) is 0 Å². The van der Waals surface area contributed by atoms with Crippen LogP contribution in [0.25, 0.3) is 33.1 Å². The van der Waals surface area contributed by atoms with Crippen LogP contribution in [-0.2, 0) is 0 Å². The van der Waals surface area contributed by atoms with Gasteiger partial charge in [0, 0.05) is 17.1 Å². The number of hydrogen-bond donors (Lipinski definition) is 1. The molecule has 2 aromatic carbocycles. The van der Waals surface area contributed by atoms with E-state index in [0.717, 1.165) is 27.9 Å². The molecule has 4 rings (SSSR count). The Balaban J connectivity index is 1.98. The smallest absolute Gasteiger partial charge is 0.181 e. The fourth-order valence-electron chi connectivity index (χ4n) is 2.57. The fourth-order valence-corrected chi connectivity index (χ4v) is 2.57. The number of rotatable bonds is 1. The number of hydrogen-bond acceptors (Lipinski definition) is 2. The predicted octanol–water partition coefficient (Wildman–Crippen LogP) is 4.09. The van der Waals surface area contributed by atoms with Crippen LogP contribution in [0, 0.1) is 6.92 Å². The lowest BCUT2D eigenvalue weighted by Gasteiger charge is -2.02. The van der Waals surface area contributed by atoms with Gasteiger partial charge in [0.1, 0.15) is 0 Å². The summed E-state index contributed by atoms with van der Waals surface area (Å²) in [5.41, 5.74) is 4.07. The zero-order valence-corrected chi connectivity index (χ0v) is 11.1. The van der Waals surface area contributed by atoms with Gasteiger partial charge in [0.25, 0.3) is 0 Å². The van der Waals surface area contributed by atoms with E-state index < -0.39 is 0 Å². The highest BCUT2D eigenvalue weighted by molar-refractivity contribution is 5.94. The summed E-state index contributed by atoms with van der Waals surface area (Å²) in [6.45, 7) is 2.05. The van der Waals surface area contributed by atoms with E-state index in [1.165, 1.54) is 10.8 Å². The van der Waals surface area contributed by atoms with Crippen LogP contribution in [0.4, 0.5) is 0 Å². The molecule has 3 heteroatoms. The first kappa shape index (κ1) is 11.2. The predicted molar refractivity (Wildman–Crippen MR) is 81.6 cm³/mol. The standard InChI is InChI=1S/C17H13N3/c1-11-8-15-16(19-20-17(15)18-10-11)14-7-6-12-4-2-3-5-13(12)9-14/h2-10H,1H3,(H,18,19,20). The van der Waals surface area contributed by atoms with Crippen molar-refractivity contribution in [1.29, 1.82) is 0 Å². The second kappa shape index (κ2) is 4.17. The monoisotopic (exact) mass is 259 g/mol. The van der Waals surface area contributed by atoms with Gasteiger partial charge in [-0.2, -0.15) is 5.10 Å². The number of aromatic nitrogens is 3. The highest BCUT2D eigenvalue weighted by Crippen LogP contribution is 2.28. The van der Waals surface area contributed by atoms with Gasteiger partial charge < -0.3 is 0 Å². The molecular weight excluding hydrogens is 246 g/mol. The molecule has 2 aromatic heterocycles. The summed E-state index contributed by atoms with van der Waals surface area (Å²) in [4.78, 5) is 4.35. The van der Waals surface area contributed by atoms with Crippen molar-refractivity contribution in [2.75, 3.05) is 0 Å². The van der Waals surface area contributed by atoms with Crippen LogP contribution in [0.2, 0.25) is 0 Å². The number of fused-ring (bicyclic) bond motifs is 2. The first-order valence-electron chi connectivity index (χ1n) is 6.61. The summed E-state index contributed by atoms with van der Waals surface area (Å²) in [5, 5.41) is 10.9. The van der Waals surface area contributed by atoms with Crippen molar-refractivity contribution in [3.8, 4) is 11.3 Å². The quantitative estimate of drug-likeness (QED) is 0.559. The number of aryl methyl sites for hydroxylation is 1. The Kier molecular flexibility index (Phi) is 2.33. The van der Waals surface area contributed by atoms with Gasteiger partial charge in [0.05, 0.1) is 5.69 Å². The van der Waals surface area contributed by atoms with Gasteiger partial charge in [-0.25, -0.2) is 4.98 Å². The molecule has 3 nitrogen and oxygen atoms in total. The second-order valence-electron chi connectivity index (χ2n) is 5.04. The van der Waals surface area contributed by atoms with Crippen LogP contribution in [0.3, 0.4) is 0 Å². The van der Waals surface area contributed by atoms with E-state index in [2.05, 4.69) is 63.7 Å². The van der Waals surface area contributed by atoms with Crippen molar-refractivity contribution >= 4 is 21.8 Å². The SMILES string of the molecule is Cc1cnc2n[nH]c(-c3ccc4ccccc4c3)c2c1. The number of aromatic amines is 1. The topological polar surface area (TPSA) is 41.6 Å². The molecule has 1 N–H and O–H groups in total.